The highest BCUT2D eigenvalue weighted by molar-refractivity contribution is 9.10. The lowest BCUT2D eigenvalue weighted by Crippen LogP contribution is -2.21. The Morgan fingerprint density at radius 3 is 2.67 bits per heavy atom. The highest BCUT2D eigenvalue weighted by Gasteiger charge is 2.31. The second kappa shape index (κ2) is 6.12. The predicted octanol–water partition coefficient (Wildman–Crippen LogP) is 2.89. The van der Waals surface area contributed by atoms with Crippen LogP contribution in [0.15, 0.2) is 34.9 Å². The summed E-state index contributed by atoms with van der Waals surface area (Å²) < 4.78 is 7.58. The number of hydrogen-bond donors (Lipinski definition) is 0. The number of rotatable bonds is 5. The molecule has 0 atom stereocenters. The van der Waals surface area contributed by atoms with E-state index >= 15 is 0 Å². The van der Waals surface area contributed by atoms with Crippen LogP contribution in [0.3, 0.4) is 0 Å². The maximum Gasteiger partial charge on any atom is 0.185 e. The number of carbonyl (C=O) groups excluding carboxylic acids is 1. The van der Waals surface area contributed by atoms with Gasteiger partial charge in [0.05, 0.1) is 23.8 Å². The summed E-state index contributed by atoms with van der Waals surface area (Å²) in [5.74, 6) is 0.170. The number of nitrogens with zero attached hydrogens (tertiary/aromatic N) is 2. The van der Waals surface area contributed by atoms with Crippen molar-refractivity contribution < 1.29 is 9.53 Å². The number of hydrogen-bond acceptors (Lipinski definition) is 3. The number of Topliss-reactive ketones (excluding diaryl/α,β-unsaturated/α-hetero) is 1. The average Bonchev–Trinajstić information content (AvgIpc) is 3.08. The molecule has 0 aliphatic heterocycles. The van der Waals surface area contributed by atoms with Gasteiger partial charge in [0.15, 0.2) is 5.78 Å². The molecule has 0 saturated carbocycles. The number of ketones is 1. The van der Waals surface area contributed by atoms with Gasteiger partial charge in [0, 0.05) is 13.0 Å². The lowest BCUT2D eigenvalue weighted by atomic mass is 9.98. The summed E-state index contributed by atoms with van der Waals surface area (Å²) in [6, 6.07) is 8.29. The Labute approximate surface area is 132 Å². The van der Waals surface area contributed by atoms with E-state index in [0.29, 0.717) is 18.8 Å². The Hall–Kier alpha value is -1.46. The van der Waals surface area contributed by atoms with Crippen LogP contribution in [0.4, 0.5) is 0 Å². The summed E-state index contributed by atoms with van der Waals surface area (Å²) in [4.78, 5) is 12.8. The molecule has 0 unspecified atom stereocenters. The van der Waals surface area contributed by atoms with Crippen LogP contribution >= 0.6 is 15.9 Å². The maximum absolute atomic E-state index is 12.8. The van der Waals surface area contributed by atoms with Gasteiger partial charge in [-0.2, -0.15) is 5.10 Å². The van der Waals surface area contributed by atoms with E-state index in [2.05, 4.69) is 33.2 Å². The first kappa shape index (κ1) is 14.5. The summed E-state index contributed by atoms with van der Waals surface area (Å²) in [5, 5.41) is 4.26. The monoisotopic (exact) mass is 348 g/mol. The lowest BCUT2D eigenvalue weighted by molar-refractivity contribution is 0.0909. The summed E-state index contributed by atoms with van der Waals surface area (Å²) in [6.45, 7) is 1.13. The molecule has 0 N–H and O–H groups in total. The normalized spacial score (nSPS) is 14.4. The van der Waals surface area contributed by atoms with Crippen molar-refractivity contribution in [3.63, 3.8) is 0 Å². The second-order valence-corrected chi connectivity index (χ2v) is 6.15. The third-order valence-corrected chi connectivity index (χ3v) is 4.54. The lowest BCUT2D eigenvalue weighted by Gasteiger charge is -2.11. The van der Waals surface area contributed by atoms with E-state index in [0.717, 1.165) is 17.3 Å². The van der Waals surface area contributed by atoms with Crippen molar-refractivity contribution in [1.82, 2.24) is 9.78 Å². The molecule has 1 heterocycles. The van der Waals surface area contributed by atoms with Gasteiger partial charge in [-0.15, -0.1) is 0 Å². The molecule has 4 nitrogen and oxygen atoms in total. The molecule has 21 heavy (non-hydrogen) atoms. The van der Waals surface area contributed by atoms with E-state index in [9.17, 15) is 4.79 Å². The fourth-order valence-corrected chi connectivity index (χ4v) is 3.38. The van der Waals surface area contributed by atoms with Crippen molar-refractivity contribution in [3.05, 3.63) is 51.8 Å². The van der Waals surface area contributed by atoms with Crippen molar-refractivity contribution in [2.24, 2.45) is 5.92 Å². The molecule has 5 heteroatoms. The quantitative estimate of drug-likeness (QED) is 0.780. The van der Waals surface area contributed by atoms with Crippen LogP contribution in [0.5, 0.6) is 0 Å². The van der Waals surface area contributed by atoms with Gasteiger partial charge in [0.1, 0.15) is 5.69 Å². The number of benzene rings is 1. The van der Waals surface area contributed by atoms with Crippen LogP contribution in [0.1, 0.15) is 21.6 Å². The van der Waals surface area contributed by atoms with Crippen molar-refractivity contribution in [1.29, 1.82) is 0 Å². The topological polar surface area (TPSA) is 44.1 Å². The molecule has 110 valence electrons. The van der Waals surface area contributed by atoms with Crippen molar-refractivity contribution in [3.8, 4) is 0 Å². The van der Waals surface area contributed by atoms with Gasteiger partial charge < -0.3 is 4.74 Å². The Bertz CT molecular complexity index is 641. The molecule has 1 aliphatic carbocycles. The fourth-order valence-electron chi connectivity index (χ4n) is 2.89. The van der Waals surface area contributed by atoms with E-state index in [1.807, 2.05) is 12.1 Å². The van der Waals surface area contributed by atoms with E-state index < -0.39 is 0 Å². The molecular formula is C16H17BrN2O2. The van der Waals surface area contributed by atoms with Gasteiger partial charge >= 0.3 is 0 Å². The SMILES string of the molecule is COCCn1ncc(Br)c1C(=O)C1Cc2ccccc2C1. The minimum absolute atomic E-state index is 0.0108. The summed E-state index contributed by atoms with van der Waals surface area (Å²) in [7, 11) is 1.65. The Morgan fingerprint density at radius 1 is 1.38 bits per heavy atom. The first-order chi connectivity index (χ1) is 10.2. The summed E-state index contributed by atoms with van der Waals surface area (Å²) in [6.07, 6.45) is 3.32. The van der Waals surface area contributed by atoms with E-state index in [1.165, 1.54) is 11.1 Å². The van der Waals surface area contributed by atoms with E-state index in [4.69, 9.17) is 4.74 Å². The van der Waals surface area contributed by atoms with Crippen LogP contribution < -0.4 is 0 Å². The molecule has 3 rings (SSSR count). The van der Waals surface area contributed by atoms with Crippen LogP contribution in [0, 0.1) is 5.92 Å². The fraction of sp³-hybridized carbons (Fsp3) is 0.375. The van der Waals surface area contributed by atoms with Gasteiger partial charge in [-0.05, 0) is 39.9 Å². The molecule has 1 aromatic heterocycles. The molecule has 0 saturated heterocycles. The van der Waals surface area contributed by atoms with Crippen LogP contribution in [0.25, 0.3) is 0 Å². The Balaban J connectivity index is 1.82. The first-order valence-corrected chi connectivity index (χ1v) is 7.81. The molecule has 0 spiro atoms. The minimum atomic E-state index is 0.0108. The van der Waals surface area contributed by atoms with Gasteiger partial charge in [0.2, 0.25) is 0 Å². The molecular weight excluding hydrogens is 332 g/mol. The van der Waals surface area contributed by atoms with Crippen molar-refractivity contribution in [2.45, 2.75) is 19.4 Å². The van der Waals surface area contributed by atoms with Crippen molar-refractivity contribution in [2.75, 3.05) is 13.7 Å². The van der Waals surface area contributed by atoms with Crippen LogP contribution in [0.2, 0.25) is 0 Å². The number of methoxy groups -OCH3 is 1. The standard InChI is InChI=1S/C16H17BrN2O2/c1-21-7-6-19-15(14(17)10-18-19)16(20)13-8-11-4-2-3-5-12(11)9-13/h2-5,10,13H,6-9H2,1H3. The largest absolute Gasteiger partial charge is 0.383 e. The van der Waals surface area contributed by atoms with Gasteiger partial charge in [-0.3, -0.25) is 9.48 Å². The number of carbonyl (C=O) groups is 1. The smallest absolute Gasteiger partial charge is 0.185 e. The first-order valence-electron chi connectivity index (χ1n) is 7.02. The Morgan fingerprint density at radius 2 is 2.05 bits per heavy atom. The number of ether oxygens (including phenoxy) is 1. The average molecular weight is 349 g/mol. The number of aromatic nitrogens is 2. The zero-order valence-electron chi connectivity index (χ0n) is 11.9. The maximum atomic E-state index is 12.8. The second-order valence-electron chi connectivity index (χ2n) is 5.30. The number of fused-ring (bicyclic) bond motifs is 1. The minimum Gasteiger partial charge on any atom is -0.383 e. The number of halogens is 1. The van der Waals surface area contributed by atoms with Gasteiger partial charge in [-0.1, -0.05) is 24.3 Å². The molecule has 2 aromatic rings. The molecule has 0 radical (unpaired) electrons. The molecule has 0 amide bonds. The highest BCUT2D eigenvalue weighted by Crippen LogP contribution is 2.30. The van der Waals surface area contributed by atoms with Crippen LogP contribution in [-0.4, -0.2) is 29.3 Å². The van der Waals surface area contributed by atoms with Crippen molar-refractivity contribution >= 4 is 21.7 Å². The molecule has 0 bridgehead atoms. The molecule has 1 aromatic carbocycles. The van der Waals surface area contributed by atoms with Crippen LogP contribution in [-0.2, 0) is 24.1 Å². The highest BCUT2D eigenvalue weighted by atomic mass is 79.9. The van der Waals surface area contributed by atoms with Gasteiger partial charge in [0.25, 0.3) is 0 Å². The Kier molecular flexibility index (Phi) is 4.22. The zero-order chi connectivity index (χ0) is 14.8. The molecule has 0 fully saturated rings. The molecule has 1 aliphatic rings. The zero-order valence-corrected chi connectivity index (χ0v) is 13.5. The van der Waals surface area contributed by atoms with E-state index in [1.54, 1.807) is 18.0 Å². The summed E-state index contributed by atoms with van der Waals surface area (Å²) >= 11 is 3.45. The summed E-state index contributed by atoms with van der Waals surface area (Å²) in [5.41, 5.74) is 3.23. The van der Waals surface area contributed by atoms with Gasteiger partial charge in [-0.25, -0.2) is 0 Å². The predicted molar refractivity (Wildman–Crippen MR) is 83.5 cm³/mol. The third-order valence-electron chi connectivity index (χ3n) is 3.96. The third kappa shape index (κ3) is 2.80. The van der Waals surface area contributed by atoms with E-state index in [-0.39, 0.29) is 11.7 Å².